The summed E-state index contributed by atoms with van der Waals surface area (Å²) in [6, 6.07) is 4.34. The maximum atomic E-state index is 13.2. The van der Waals surface area contributed by atoms with E-state index in [9.17, 15) is 14.6 Å². The van der Waals surface area contributed by atoms with Crippen molar-refractivity contribution in [2.75, 3.05) is 0 Å². The first-order valence-electron chi connectivity index (χ1n) is 6.72. The van der Waals surface area contributed by atoms with Gasteiger partial charge in [0.1, 0.15) is 11.9 Å². The molecule has 0 amide bonds. The van der Waals surface area contributed by atoms with Crippen LogP contribution in [0.4, 0.5) is 4.39 Å². The molecule has 2 atom stereocenters. The van der Waals surface area contributed by atoms with E-state index in [1.54, 1.807) is 6.07 Å². The van der Waals surface area contributed by atoms with E-state index in [1.807, 2.05) is 6.92 Å². The van der Waals surface area contributed by atoms with E-state index < -0.39 is 12.2 Å². The zero-order valence-electron chi connectivity index (χ0n) is 10.8. The lowest BCUT2D eigenvalue weighted by atomic mass is 9.81. The molecule has 1 aliphatic carbocycles. The van der Waals surface area contributed by atoms with Crippen molar-refractivity contribution in [2.24, 2.45) is 5.92 Å². The van der Waals surface area contributed by atoms with Crippen LogP contribution < -0.4 is 0 Å². The lowest BCUT2D eigenvalue weighted by Gasteiger charge is -2.30. The van der Waals surface area contributed by atoms with Crippen LogP contribution in [0.3, 0.4) is 0 Å². The van der Waals surface area contributed by atoms with Gasteiger partial charge in [0.2, 0.25) is 0 Å². The summed E-state index contributed by atoms with van der Waals surface area (Å²) in [4.78, 5) is 0. The van der Waals surface area contributed by atoms with Gasteiger partial charge in [-0.1, -0.05) is 25.3 Å². The maximum absolute atomic E-state index is 13.2. The molecule has 1 saturated carbocycles. The van der Waals surface area contributed by atoms with E-state index in [1.165, 1.54) is 18.6 Å². The Hall–Kier alpha value is -0.930. The van der Waals surface area contributed by atoms with E-state index in [0.29, 0.717) is 5.56 Å². The summed E-state index contributed by atoms with van der Waals surface area (Å²) in [5.41, 5.74) is 1.33. The summed E-state index contributed by atoms with van der Waals surface area (Å²) in [5, 5.41) is 20.5. The molecule has 0 heterocycles. The SMILES string of the molecule is Cc1ccc(F)cc1C(O)C(O)C1CCCCC1. The highest BCUT2D eigenvalue weighted by molar-refractivity contribution is 5.29. The summed E-state index contributed by atoms with van der Waals surface area (Å²) in [6.07, 6.45) is 3.56. The monoisotopic (exact) mass is 252 g/mol. The van der Waals surface area contributed by atoms with Crippen molar-refractivity contribution in [3.63, 3.8) is 0 Å². The Labute approximate surface area is 107 Å². The molecular weight excluding hydrogens is 231 g/mol. The van der Waals surface area contributed by atoms with E-state index in [2.05, 4.69) is 0 Å². The number of rotatable bonds is 3. The van der Waals surface area contributed by atoms with Crippen LogP contribution in [-0.2, 0) is 0 Å². The number of halogens is 1. The van der Waals surface area contributed by atoms with Crippen molar-refractivity contribution in [3.05, 3.63) is 35.1 Å². The van der Waals surface area contributed by atoms with E-state index in [0.717, 1.165) is 31.2 Å². The van der Waals surface area contributed by atoms with Crippen LogP contribution in [0.25, 0.3) is 0 Å². The number of hydrogen-bond acceptors (Lipinski definition) is 2. The molecule has 1 aliphatic rings. The molecule has 100 valence electrons. The van der Waals surface area contributed by atoms with Crippen LogP contribution in [-0.4, -0.2) is 16.3 Å². The lowest BCUT2D eigenvalue weighted by molar-refractivity contribution is -0.0289. The van der Waals surface area contributed by atoms with Crippen molar-refractivity contribution < 1.29 is 14.6 Å². The van der Waals surface area contributed by atoms with Crippen molar-refractivity contribution in [1.82, 2.24) is 0 Å². The third kappa shape index (κ3) is 2.90. The summed E-state index contributed by atoms with van der Waals surface area (Å²) in [7, 11) is 0. The number of benzene rings is 1. The number of hydrogen-bond donors (Lipinski definition) is 2. The topological polar surface area (TPSA) is 40.5 Å². The minimum Gasteiger partial charge on any atom is -0.390 e. The molecular formula is C15H21FO2. The second-order valence-corrected chi connectivity index (χ2v) is 5.33. The van der Waals surface area contributed by atoms with E-state index in [4.69, 9.17) is 0 Å². The molecule has 1 aromatic rings. The van der Waals surface area contributed by atoms with E-state index in [-0.39, 0.29) is 11.7 Å². The van der Waals surface area contributed by atoms with Gasteiger partial charge in [0.15, 0.2) is 0 Å². The van der Waals surface area contributed by atoms with Crippen molar-refractivity contribution >= 4 is 0 Å². The molecule has 0 aliphatic heterocycles. The van der Waals surface area contributed by atoms with Gasteiger partial charge in [-0.3, -0.25) is 0 Å². The zero-order chi connectivity index (χ0) is 13.1. The summed E-state index contributed by atoms with van der Waals surface area (Å²) < 4.78 is 13.2. The highest BCUT2D eigenvalue weighted by Crippen LogP contribution is 2.33. The smallest absolute Gasteiger partial charge is 0.123 e. The minimum atomic E-state index is -0.983. The molecule has 2 N–H and O–H groups in total. The third-order valence-electron chi connectivity index (χ3n) is 4.02. The second kappa shape index (κ2) is 5.81. The Bertz CT molecular complexity index is 399. The van der Waals surface area contributed by atoms with Gasteiger partial charge < -0.3 is 10.2 Å². The molecule has 2 unspecified atom stereocenters. The first-order chi connectivity index (χ1) is 8.59. The fourth-order valence-electron chi connectivity index (χ4n) is 2.85. The maximum Gasteiger partial charge on any atom is 0.123 e. The highest BCUT2D eigenvalue weighted by atomic mass is 19.1. The van der Waals surface area contributed by atoms with Gasteiger partial charge in [-0.15, -0.1) is 0 Å². The van der Waals surface area contributed by atoms with Crippen LogP contribution in [0, 0.1) is 18.7 Å². The van der Waals surface area contributed by atoms with Crippen molar-refractivity contribution in [3.8, 4) is 0 Å². The fraction of sp³-hybridized carbons (Fsp3) is 0.600. The summed E-state index contributed by atoms with van der Waals surface area (Å²) in [5.74, 6) is -0.234. The summed E-state index contributed by atoms with van der Waals surface area (Å²) >= 11 is 0. The average Bonchev–Trinajstić information content (AvgIpc) is 2.41. The molecule has 0 spiro atoms. The Morgan fingerprint density at radius 3 is 2.50 bits per heavy atom. The average molecular weight is 252 g/mol. The fourth-order valence-corrected chi connectivity index (χ4v) is 2.85. The first kappa shape index (κ1) is 13.5. The van der Waals surface area contributed by atoms with Crippen LogP contribution in [0.2, 0.25) is 0 Å². The molecule has 0 aromatic heterocycles. The summed E-state index contributed by atoms with van der Waals surface area (Å²) in [6.45, 7) is 1.82. The predicted molar refractivity (Wildman–Crippen MR) is 68.7 cm³/mol. The van der Waals surface area contributed by atoms with Crippen LogP contribution in [0.5, 0.6) is 0 Å². The number of aliphatic hydroxyl groups excluding tert-OH is 2. The minimum absolute atomic E-state index is 0.136. The molecule has 3 heteroatoms. The number of aryl methyl sites for hydroxylation is 1. The number of aliphatic hydroxyl groups is 2. The van der Waals surface area contributed by atoms with Gasteiger partial charge in [0.25, 0.3) is 0 Å². The third-order valence-corrected chi connectivity index (χ3v) is 4.02. The van der Waals surface area contributed by atoms with Gasteiger partial charge in [0.05, 0.1) is 6.10 Å². The predicted octanol–water partition coefficient (Wildman–Crippen LogP) is 3.11. The standard InChI is InChI=1S/C15H21FO2/c1-10-7-8-12(16)9-13(10)15(18)14(17)11-5-3-2-4-6-11/h7-9,11,14-15,17-18H,2-6H2,1H3. The Kier molecular flexibility index (Phi) is 4.36. The molecule has 0 bridgehead atoms. The van der Waals surface area contributed by atoms with Crippen molar-refractivity contribution in [2.45, 2.75) is 51.2 Å². The lowest BCUT2D eigenvalue weighted by Crippen LogP contribution is -2.29. The molecule has 0 saturated heterocycles. The largest absolute Gasteiger partial charge is 0.390 e. The van der Waals surface area contributed by atoms with Crippen LogP contribution in [0.1, 0.15) is 49.3 Å². The van der Waals surface area contributed by atoms with Gasteiger partial charge in [0, 0.05) is 0 Å². The van der Waals surface area contributed by atoms with Crippen molar-refractivity contribution in [1.29, 1.82) is 0 Å². The zero-order valence-corrected chi connectivity index (χ0v) is 10.8. The quantitative estimate of drug-likeness (QED) is 0.867. The molecule has 2 rings (SSSR count). The van der Waals surface area contributed by atoms with Gasteiger partial charge in [-0.2, -0.15) is 0 Å². The van der Waals surface area contributed by atoms with Gasteiger partial charge >= 0.3 is 0 Å². The Morgan fingerprint density at radius 1 is 1.17 bits per heavy atom. The van der Waals surface area contributed by atoms with Gasteiger partial charge in [-0.05, 0) is 48.9 Å². The molecule has 18 heavy (non-hydrogen) atoms. The highest BCUT2D eigenvalue weighted by Gasteiger charge is 2.29. The molecule has 0 radical (unpaired) electrons. The second-order valence-electron chi connectivity index (χ2n) is 5.33. The normalized spacial score (nSPS) is 20.7. The van der Waals surface area contributed by atoms with Crippen LogP contribution in [0.15, 0.2) is 18.2 Å². The van der Waals surface area contributed by atoms with Crippen LogP contribution >= 0.6 is 0 Å². The Morgan fingerprint density at radius 2 is 1.83 bits per heavy atom. The first-order valence-corrected chi connectivity index (χ1v) is 6.72. The molecule has 2 nitrogen and oxygen atoms in total. The van der Waals surface area contributed by atoms with E-state index >= 15 is 0 Å². The molecule has 1 aromatic carbocycles. The van der Waals surface area contributed by atoms with Gasteiger partial charge in [-0.25, -0.2) is 4.39 Å². The Balaban J connectivity index is 2.13. The molecule has 1 fully saturated rings.